The normalized spacial score (nSPS) is 22.7. The third kappa shape index (κ3) is 2.13. The SMILES string of the molecule is CC1(c2ccn(C(F)F)n2)CC(C(=O)O)c2cnc3cc(F)nn3c21. The van der Waals surface area contributed by atoms with Crippen LogP contribution in [0.1, 0.15) is 42.8 Å². The second kappa shape index (κ2) is 5.04. The summed E-state index contributed by atoms with van der Waals surface area (Å²) in [6.45, 7) is -1.13. The second-order valence-electron chi connectivity index (χ2n) is 6.18. The van der Waals surface area contributed by atoms with Gasteiger partial charge in [-0.15, -0.1) is 5.10 Å². The van der Waals surface area contributed by atoms with E-state index in [4.69, 9.17) is 0 Å². The predicted molar refractivity (Wildman–Crippen MR) is 77.9 cm³/mol. The van der Waals surface area contributed by atoms with Crippen LogP contribution in [0, 0.1) is 5.95 Å². The maximum Gasteiger partial charge on any atom is 0.333 e. The molecule has 0 spiro atoms. The van der Waals surface area contributed by atoms with Crippen molar-refractivity contribution in [3.05, 3.63) is 47.4 Å². The van der Waals surface area contributed by atoms with Crippen LogP contribution in [-0.2, 0) is 10.2 Å². The van der Waals surface area contributed by atoms with E-state index in [2.05, 4.69) is 15.2 Å². The van der Waals surface area contributed by atoms with E-state index in [1.807, 2.05) is 0 Å². The molecule has 10 heteroatoms. The van der Waals surface area contributed by atoms with Gasteiger partial charge in [-0.3, -0.25) is 4.79 Å². The summed E-state index contributed by atoms with van der Waals surface area (Å²) in [5.41, 5.74) is 0.214. The maximum atomic E-state index is 13.6. The molecule has 0 aromatic carbocycles. The van der Waals surface area contributed by atoms with Crippen LogP contribution < -0.4 is 0 Å². The van der Waals surface area contributed by atoms with Gasteiger partial charge < -0.3 is 5.11 Å². The average Bonchev–Trinajstić information content (AvgIpc) is 3.22. The summed E-state index contributed by atoms with van der Waals surface area (Å²) in [6, 6.07) is 2.53. The minimum absolute atomic E-state index is 0.0835. The molecule has 0 saturated carbocycles. The molecule has 130 valence electrons. The van der Waals surface area contributed by atoms with Crippen molar-refractivity contribution < 1.29 is 23.1 Å². The number of fused-ring (bicyclic) bond motifs is 3. The van der Waals surface area contributed by atoms with E-state index in [9.17, 15) is 23.1 Å². The molecular formula is C15H12F3N5O2. The number of aromatic nitrogens is 5. The predicted octanol–water partition coefficient (Wildman–Crippen LogP) is 2.34. The lowest BCUT2D eigenvalue weighted by Gasteiger charge is -2.23. The lowest BCUT2D eigenvalue weighted by molar-refractivity contribution is -0.138. The lowest BCUT2D eigenvalue weighted by atomic mass is 9.83. The van der Waals surface area contributed by atoms with Crippen LogP contribution in [0.4, 0.5) is 13.2 Å². The fourth-order valence-corrected chi connectivity index (χ4v) is 3.53. The highest BCUT2D eigenvalue weighted by Crippen LogP contribution is 2.49. The maximum absolute atomic E-state index is 13.6. The third-order valence-electron chi connectivity index (χ3n) is 4.66. The minimum atomic E-state index is -2.81. The molecule has 1 aliphatic rings. The number of hydrogen-bond acceptors (Lipinski definition) is 4. The Bertz CT molecular complexity index is 998. The van der Waals surface area contributed by atoms with Crippen molar-refractivity contribution in [1.82, 2.24) is 24.4 Å². The molecule has 0 saturated heterocycles. The molecule has 1 aliphatic carbocycles. The number of carboxylic acids is 1. The Kier molecular flexibility index (Phi) is 3.15. The van der Waals surface area contributed by atoms with Crippen LogP contribution in [-0.4, -0.2) is 35.5 Å². The van der Waals surface area contributed by atoms with Crippen molar-refractivity contribution in [2.45, 2.75) is 31.2 Å². The second-order valence-corrected chi connectivity index (χ2v) is 6.18. The Morgan fingerprint density at radius 2 is 2.20 bits per heavy atom. The van der Waals surface area contributed by atoms with E-state index in [0.29, 0.717) is 15.9 Å². The largest absolute Gasteiger partial charge is 0.481 e. The highest BCUT2D eigenvalue weighted by atomic mass is 19.3. The summed E-state index contributed by atoms with van der Waals surface area (Å²) < 4.78 is 41.1. The number of hydrogen-bond donors (Lipinski definition) is 1. The Morgan fingerprint density at radius 1 is 1.44 bits per heavy atom. The van der Waals surface area contributed by atoms with E-state index in [1.54, 1.807) is 6.92 Å². The van der Waals surface area contributed by atoms with Gasteiger partial charge in [0.05, 0.1) is 22.7 Å². The number of carboxylic acid groups (broad SMARTS) is 1. The first-order valence-electron chi connectivity index (χ1n) is 7.42. The van der Waals surface area contributed by atoms with Gasteiger partial charge in [-0.05, 0) is 19.4 Å². The molecule has 2 unspecified atom stereocenters. The van der Waals surface area contributed by atoms with Crippen LogP contribution in [0.3, 0.4) is 0 Å². The van der Waals surface area contributed by atoms with Crippen LogP contribution >= 0.6 is 0 Å². The summed E-state index contributed by atoms with van der Waals surface area (Å²) in [5, 5.41) is 17.2. The van der Waals surface area contributed by atoms with Crippen molar-refractivity contribution >= 4 is 11.6 Å². The van der Waals surface area contributed by atoms with E-state index in [0.717, 1.165) is 12.3 Å². The zero-order valence-electron chi connectivity index (χ0n) is 12.9. The summed E-state index contributed by atoms with van der Waals surface area (Å²) in [6.07, 6.45) is 2.58. The third-order valence-corrected chi connectivity index (χ3v) is 4.66. The topological polar surface area (TPSA) is 85.3 Å². The summed E-state index contributed by atoms with van der Waals surface area (Å²) in [7, 11) is 0. The van der Waals surface area contributed by atoms with Gasteiger partial charge in [-0.2, -0.15) is 18.3 Å². The Morgan fingerprint density at radius 3 is 2.84 bits per heavy atom. The van der Waals surface area contributed by atoms with E-state index >= 15 is 0 Å². The van der Waals surface area contributed by atoms with Crippen molar-refractivity contribution in [2.24, 2.45) is 0 Å². The van der Waals surface area contributed by atoms with E-state index in [1.165, 1.54) is 16.8 Å². The molecule has 3 heterocycles. The van der Waals surface area contributed by atoms with Crippen LogP contribution in [0.25, 0.3) is 5.65 Å². The highest BCUT2D eigenvalue weighted by Gasteiger charge is 2.48. The van der Waals surface area contributed by atoms with Gasteiger partial charge in [-0.25, -0.2) is 14.2 Å². The molecule has 1 N–H and O–H groups in total. The number of aliphatic carboxylic acids is 1. The van der Waals surface area contributed by atoms with Gasteiger partial charge in [0.15, 0.2) is 5.65 Å². The van der Waals surface area contributed by atoms with Crippen molar-refractivity contribution in [3.8, 4) is 0 Å². The fraction of sp³-hybridized carbons (Fsp3) is 0.333. The number of alkyl halides is 2. The zero-order chi connectivity index (χ0) is 17.9. The monoisotopic (exact) mass is 351 g/mol. The van der Waals surface area contributed by atoms with Gasteiger partial charge in [-0.1, -0.05) is 0 Å². The average molecular weight is 351 g/mol. The molecule has 25 heavy (non-hydrogen) atoms. The molecule has 0 amide bonds. The first-order valence-corrected chi connectivity index (χ1v) is 7.42. The summed E-state index contributed by atoms with van der Waals surface area (Å²) in [5.74, 6) is -2.76. The Hall–Kier alpha value is -2.91. The molecule has 7 nitrogen and oxygen atoms in total. The molecule has 3 aromatic rings. The summed E-state index contributed by atoms with van der Waals surface area (Å²) in [4.78, 5) is 15.7. The molecule has 0 aliphatic heterocycles. The van der Waals surface area contributed by atoms with Gasteiger partial charge in [0, 0.05) is 24.0 Å². The standard InChI is InChI=1S/C15H12F3N5O2/c1-15(9-2-3-22(20-9)14(17)18)5-7(13(24)25)8-6-19-11-4-10(16)21-23(11)12(8)15/h2-4,6-7,14H,5H2,1H3,(H,24,25). The van der Waals surface area contributed by atoms with Crippen molar-refractivity contribution in [3.63, 3.8) is 0 Å². The first-order chi connectivity index (χ1) is 11.8. The quantitative estimate of drug-likeness (QED) is 0.783. The summed E-state index contributed by atoms with van der Waals surface area (Å²) >= 11 is 0. The molecule has 3 aromatic heterocycles. The number of halogens is 3. The molecule has 2 atom stereocenters. The van der Waals surface area contributed by atoms with Gasteiger partial charge in [0.25, 0.3) is 0 Å². The van der Waals surface area contributed by atoms with Crippen LogP contribution in [0.15, 0.2) is 24.5 Å². The first kappa shape index (κ1) is 15.6. The molecule has 4 rings (SSSR count). The van der Waals surface area contributed by atoms with Crippen LogP contribution in [0.5, 0.6) is 0 Å². The minimum Gasteiger partial charge on any atom is -0.481 e. The van der Waals surface area contributed by atoms with Gasteiger partial charge >= 0.3 is 12.5 Å². The molecule has 0 radical (unpaired) electrons. The lowest BCUT2D eigenvalue weighted by Crippen LogP contribution is -2.25. The van der Waals surface area contributed by atoms with E-state index < -0.39 is 29.8 Å². The molecule has 0 bridgehead atoms. The smallest absolute Gasteiger partial charge is 0.333 e. The number of rotatable bonds is 3. The zero-order valence-corrected chi connectivity index (χ0v) is 12.9. The Labute approximate surface area is 138 Å². The number of nitrogens with zero attached hydrogens (tertiary/aromatic N) is 5. The fourth-order valence-electron chi connectivity index (χ4n) is 3.53. The van der Waals surface area contributed by atoms with Crippen molar-refractivity contribution in [2.75, 3.05) is 0 Å². The van der Waals surface area contributed by atoms with Gasteiger partial charge in [0.2, 0.25) is 5.95 Å². The van der Waals surface area contributed by atoms with Crippen molar-refractivity contribution in [1.29, 1.82) is 0 Å². The Balaban J connectivity index is 1.99. The molecule has 0 fully saturated rings. The molecular weight excluding hydrogens is 339 g/mol. The van der Waals surface area contributed by atoms with E-state index in [-0.39, 0.29) is 17.8 Å². The van der Waals surface area contributed by atoms with Gasteiger partial charge in [0.1, 0.15) is 0 Å². The van der Waals surface area contributed by atoms with Crippen LogP contribution in [0.2, 0.25) is 0 Å². The number of carbonyl (C=O) groups is 1. The highest BCUT2D eigenvalue weighted by molar-refractivity contribution is 5.79.